The van der Waals surface area contributed by atoms with E-state index in [0.717, 1.165) is 12.8 Å². The first kappa shape index (κ1) is 10.4. The summed E-state index contributed by atoms with van der Waals surface area (Å²) in [6, 6.07) is 1.32. The minimum atomic E-state index is -1.25. The van der Waals surface area contributed by atoms with Gasteiger partial charge >= 0.3 is 0 Å². The van der Waals surface area contributed by atoms with E-state index in [-0.39, 0.29) is 0 Å². The number of aldehydes is 1. The summed E-state index contributed by atoms with van der Waals surface area (Å²) in [5.41, 5.74) is 0. The Bertz CT molecular complexity index is 204. The molecule has 0 N–H and O–H groups in total. The zero-order chi connectivity index (χ0) is 9.73. The van der Waals surface area contributed by atoms with E-state index in [9.17, 15) is 4.79 Å². The molecule has 0 aromatic carbocycles. The summed E-state index contributed by atoms with van der Waals surface area (Å²) in [6.45, 7) is 5.75. The molecule has 0 aliphatic carbocycles. The molecule has 0 amide bonds. The van der Waals surface area contributed by atoms with E-state index in [1.807, 2.05) is 0 Å². The molecule has 0 unspecified atom stereocenters. The smallest absolute Gasteiger partial charge is 0.172 e. The summed E-state index contributed by atoms with van der Waals surface area (Å²) in [5, 5.41) is 4.36. The van der Waals surface area contributed by atoms with Crippen LogP contribution in [0.15, 0.2) is 5.10 Å². The topological polar surface area (TPSA) is 32.7 Å². The number of hydrogen-bond donors (Lipinski definition) is 0. The van der Waals surface area contributed by atoms with Gasteiger partial charge in [-0.15, -0.1) is 0 Å². The van der Waals surface area contributed by atoms with Gasteiger partial charge in [0.25, 0.3) is 0 Å². The van der Waals surface area contributed by atoms with Crippen LogP contribution in [0.3, 0.4) is 0 Å². The van der Waals surface area contributed by atoms with Crippen molar-refractivity contribution in [1.82, 2.24) is 4.67 Å². The minimum absolute atomic E-state index is 0.445. The van der Waals surface area contributed by atoms with Crippen LogP contribution in [0.2, 0.25) is 19.1 Å². The van der Waals surface area contributed by atoms with Crippen LogP contribution in [-0.4, -0.2) is 32.0 Å². The monoisotopic (exact) mass is 198 g/mol. The van der Waals surface area contributed by atoms with Gasteiger partial charge in [0.1, 0.15) is 6.29 Å². The van der Waals surface area contributed by atoms with Gasteiger partial charge in [0.05, 0.1) is 0 Å². The molecule has 1 rings (SSSR count). The molecule has 0 aromatic heterocycles. The number of rotatable bonds is 3. The first-order valence-corrected chi connectivity index (χ1v) is 8.06. The van der Waals surface area contributed by atoms with Gasteiger partial charge < -0.3 is 9.47 Å². The predicted molar refractivity (Wildman–Crippen MR) is 57.4 cm³/mol. The average molecular weight is 198 g/mol. The van der Waals surface area contributed by atoms with Crippen LogP contribution in [0.4, 0.5) is 0 Å². The average Bonchev–Trinajstić information content (AvgIpc) is 2.08. The van der Waals surface area contributed by atoms with Gasteiger partial charge in [-0.1, -0.05) is 19.5 Å². The molecule has 4 heteroatoms. The first-order valence-electron chi connectivity index (χ1n) is 4.90. The van der Waals surface area contributed by atoms with Gasteiger partial charge in [-0.05, 0) is 12.5 Å². The fourth-order valence-corrected chi connectivity index (χ4v) is 4.18. The summed E-state index contributed by atoms with van der Waals surface area (Å²) < 4.78 is 2.24. The minimum Gasteiger partial charge on any atom is -0.325 e. The molecule has 74 valence electrons. The first-order chi connectivity index (χ1) is 6.17. The van der Waals surface area contributed by atoms with Crippen molar-refractivity contribution in [3.8, 4) is 0 Å². The molecule has 0 atom stereocenters. The molecular formula is C9H18N2OSi. The Balaban J connectivity index is 2.50. The highest BCUT2D eigenvalue weighted by Crippen LogP contribution is 2.24. The summed E-state index contributed by atoms with van der Waals surface area (Å²) in [6.07, 6.45) is 5.66. The van der Waals surface area contributed by atoms with Crippen molar-refractivity contribution < 1.29 is 4.79 Å². The third-order valence-corrected chi connectivity index (χ3v) is 5.84. The van der Waals surface area contributed by atoms with Crippen molar-refractivity contribution in [3.63, 3.8) is 0 Å². The fraction of sp³-hybridized carbons (Fsp3) is 0.778. The van der Waals surface area contributed by atoms with Crippen molar-refractivity contribution in [2.45, 2.75) is 38.4 Å². The van der Waals surface area contributed by atoms with Gasteiger partial charge in [0, 0.05) is 19.2 Å². The zero-order valence-electron chi connectivity index (χ0n) is 8.49. The molecule has 1 aliphatic heterocycles. The largest absolute Gasteiger partial charge is 0.325 e. The number of carbonyl (C=O) groups excluding carboxylic acids is 1. The lowest BCUT2D eigenvalue weighted by atomic mass is 10.3. The zero-order valence-corrected chi connectivity index (χ0v) is 9.49. The van der Waals surface area contributed by atoms with Crippen LogP contribution in [0.25, 0.3) is 0 Å². The normalized spacial score (nSPS) is 22.2. The molecule has 0 bridgehead atoms. The van der Waals surface area contributed by atoms with Crippen molar-refractivity contribution in [2.24, 2.45) is 5.10 Å². The van der Waals surface area contributed by atoms with Crippen LogP contribution < -0.4 is 0 Å². The van der Waals surface area contributed by atoms with Gasteiger partial charge in [0.2, 0.25) is 0 Å². The van der Waals surface area contributed by atoms with Crippen LogP contribution in [0, 0.1) is 0 Å². The fourth-order valence-electron chi connectivity index (χ4n) is 1.65. The molecule has 0 aromatic rings. The second kappa shape index (κ2) is 4.55. The summed E-state index contributed by atoms with van der Waals surface area (Å²) in [4.78, 5) is 10.1. The van der Waals surface area contributed by atoms with E-state index < -0.39 is 8.24 Å². The lowest BCUT2D eigenvalue weighted by molar-refractivity contribution is -0.106. The lowest BCUT2D eigenvalue weighted by Crippen LogP contribution is -2.48. The lowest BCUT2D eigenvalue weighted by Gasteiger charge is -2.38. The Labute approximate surface area is 80.9 Å². The molecule has 1 aliphatic rings. The van der Waals surface area contributed by atoms with Gasteiger partial charge in [0.15, 0.2) is 8.24 Å². The molecule has 3 nitrogen and oxygen atoms in total. The van der Waals surface area contributed by atoms with E-state index in [2.05, 4.69) is 22.9 Å². The molecule has 1 heterocycles. The van der Waals surface area contributed by atoms with E-state index >= 15 is 0 Å². The predicted octanol–water partition coefficient (Wildman–Crippen LogP) is 1.86. The summed E-state index contributed by atoms with van der Waals surface area (Å²) in [7, 11) is -1.25. The molecule has 0 spiro atoms. The Kier molecular flexibility index (Phi) is 3.66. The molecular weight excluding hydrogens is 180 g/mol. The highest BCUT2D eigenvalue weighted by atomic mass is 28.3. The maximum Gasteiger partial charge on any atom is 0.172 e. The third-order valence-electron chi connectivity index (χ3n) is 2.53. The van der Waals surface area contributed by atoms with Crippen molar-refractivity contribution in [2.75, 3.05) is 6.54 Å². The van der Waals surface area contributed by atoms with Crippen LogP contribution in [-0.2, 0) is 4.79 Å². The number of hydrogen-bond acceptors (Lipinski definition) is 3. The summed E-state index contributed by atoms with van der Waals surface area (Å²) >= 11 is 0. The van der Waals surface area contributed by atoms with E-state index in [1.54, 1.807) is 6.21 Å². The number of carbonyl (C=O) groups is 1. The van der Waals surface area contributed by atoms with Crippen molar-refractivity contribution in [3.05, 3.63) is 0 Å². The quantitative estimate of drug-likeness (QED) is 0.394. The second-order valence-corrected chi connectivity index (χ2v) is 8.73. The Morgan fingerprint density at radius 1 is 1.46 bits per heavy atom. The van der Waals surface area contributed by atoms with Crippen LogP contribution in [0.5, 0.6) is 0 Å². The van der Waals surface area contributed by atoms with Crippen molar-refractivity contribution in [1.29, 1.82) is 0 Å². The highest BCUT2D eigenvalue weighted by Gasteiger charge is 2.31. The molecule has 0 saturated carbocycles. The Hall–Kier alpha value is -0.643. The van der Waals surface area contributed by atoms with Crippen LogP contribution in [0.1, 0.15) is 19.3 Å². The Morgan fingerprint density at radius 2 is 2.23 bits per heavy atom. The Morgan fingerprint density at radius 3 is 2.85 bits per heavy atom. The standard InChI is InChI=1S/C9H18N2OSi/c1-13(2)9-4-3-7-11(13)10-6-5-8-12/h6,8H,3-5,7,9H2,1-2H3. The van der Waals surface area contributed by atoms with Crippen LogP contribution >= 0.6 is 0 Å². The second-order valence-electron chi connectivity index (χ2n) is 4.09. The van der Waals surface area contributed by atoms with Crippen molar-refractivity contribution >= 4 is 20.7 Å². The highest BCUT2D eigenvalue weighted by molar-refractivity contribution is 6.74. The van der Waals surface area contributed by atoms with E-state index in [4.69, 9.17) is 0 Å². The number of nitrogens with zero attached hydrogens (tertiary/aromatic N) is 2. The maximum absolute atomic E-state index is 10.1. The third kappa shape index (κ3) is 2.95. The van der Waals surface area contributed by atoms with E-state index in [1.165, 1.54) is 18.9 Å². The molecule has 13 heavy (non-hydrogen) atoms. The molecule has 1 saturated heterocycles. The maximum atomic E-state index is 10.1. The van der Waals surface area contributed by atoms with E-state index in [0.29, 0.717) is 6.42 Å². The van der Waals surface area contributed by atoms with Gasteiger partial charge in [-0.2, -0.15) is 5.10 Å². The molecule has 0 radical (unpaired) electrons. The number of hydrazone groups is 1. The SMILES string of the molecule is C[Si]1(C)CCCCN1N=CCC=O. The molecule has 1 fully saturated rings. The van der Waals surface area contributed by atoms with Gasteiger partial charge in [-0.3, -0.25) is 0 Å². The van der Waals surface area contributed by atoms with Gasteiger partial charge in [-0.25, -0.2) is 0 Å². The summed E-state index contributed by atoms with van der Waals surface area (Å²) in [5.74, 6) is 0.